The van der Waals surface area contributed by atoms with Gasteiger partial charge in [0.1, 0.15) is 11.2 Å². The summed E-state index contributed by atoms with van der Waals surface area (Å²) in [6.07, 6.45) is 0. The Morgan fingerprint density at radius 3 is 1.64 bits per heavy atom. The molecule has 3 nitrogen and oxygen atoms in total. The third-order valence-corrected chi connectivity index (χ3v) is 12.0. The molecule has 276 valence electrons. The first-order valence-electron chi connectivity index (χ1n) is 20.2. The summed E-state index contributed by atoms with van der Waals surface area (Å²) in [4.78, 5) is 2.32. The van der Waals surface area contributed by atoms with Crippen molar-refractivity contribution >= 4 is 82.4 Å². The van der Waals surface area contributed by atoms with Gasteiger partial charge >= 0.3 is 0 Å². The molecule has 59 heavy (non-hydrogen) atoms. The number of hydrogen-bond acceptors (Lipinski definition) is 2. The number of fused-ring (bicyclic) bond motifs is 10. The minimum absolute atomic E-state index is 0.915. The monoisotopic (exact) mass is 752 g/mol. The van der Waals surface area contributed by atoms with Crippen molar-refractivity contribution in [3.05, 3.63) is 218 Å². The van der Waals surface area contributed by atoms with Gasteiger partial charge in [-0.2, -0.15) is 0 Å². The number of furan rings is 1. The van der Waals surface area contributed by atoms with E-state index in [2.05, 4.69) is 222 Å². The van der Waals surface area contributed by atoms with Crippen LogP contribution in [0.5, 0.6) is 0 Å². The van der Waals surface area contributed by atoms with Gasteiger partial charge in [-0.1, -0.05) is 140 Å². The standard InChI is InChI=1S/C56H36N2O/c1-2-11-43(12-3-1)57(45-29-24-39(25-30-45)41-26-33-48-42(36-41)19-18-40-10-4-5-13-47(40)48)44-27-20-37(21-28-44)38-22-31-46(32-23-38)58-52-16-8-6-15-51(52)55-53(58)35-34-50-49-14-7-9-17-54(49)59-56(50)55/h1-36H. The van der Waals surface area contributed by atoms with Crippen LogP contribution in [0.3, 0.4) is 0 Å². The number of nitrogens with zero attached hydrogens (tertiary/aromatic N) is 2. The van der Waals surface area contributed by atoms with Gasteiger partial charge in [0.05, 0.1) is 16.4 Å². The Morgan fingerprint density at radius 1 is 0.339 bits per heavy atom. The van der Waals surface area contributed by atoms with Gasteiger partial charge in [-0.3, -0.25) is 0 Å². The summed E-state index contributed by atoms with van der Waals surface area (Å²) in [6.45, 7) is 0. The van der Waals surface area contributed by atoms with Gasteiger partial charge in [0.25, 0.3) is 0 Å². The Morgan fingerprint density at radius 2 is 0.881 bits per heavy atom. The summed E-state index contributed by atoms with van der Waals surface area (Å²) < 4.78 is 8.87. The summed E-state index contributed by atoms with van der Waals surface area (Å²) in [5, 5.41) is 9.72. The van der Waals surface area contributed by atoms with E-state index in [0.29, 0.717) is 0 Å². The molecule has 0 aliphatic rings. The largest absolute Gasteiger partial charge is 0.455 e. The Bertz CT molecular complexity index is 3520. The zero-order valence-electron chi connectivity index (χ0n) is 32.1. The molecule has 2 aromatic heterocycles. The lowest BCUT2D eigenvalue weighted by atomic mass is 9.97. The van der Waals surface area contributed by atoms with E-state index in [0.717, 1.165) is 61.1 Å². The molecular formula is C56H36N2O. The van der Waals surface area contributed by atoms with Crippen LogP contribution in [0.1, 0.15) is 0 Å². The highest BCUT2D eigenvalue weighted by Gasteiger charge is 2.19. The molecule has 0 bridgehead atoms. The molecule has 0 aliphatic carbocycles. The average molecular weight is 753 g/mol. The molecule has 0 radical (unpaired) electrons. The SMILES string of the molecule is c1ccc(N(c2ccc(-c3ccc(-n4c5ccccc5c5c6oc7ccccc7c6ccc54)cc3)cc2)c2ccc(-c3ccc4c(ccc5ccccc54)c3)cc2)cc1. The predicted molar refractivity (Wildman–Crippen MR) is 249 cm³/mol. The van der Waals surface area contributed by atoms with Gasteiger partial charge in [-0.05, 0) is 123 Å². The van der Waals surface area contributed by atoms with E-state index in [1.165, 1.54) is 49.2 Å². The molecule has 0 saturated carbocycles. The third-order valence-electron chi connectivity index (χ3n) is 12.0. The second-order valence-electron chi connectivity index (χ2n) is 15.3. The molecule has 10 aromatic carbocycles. The molecule has 0 fully saturated rings. The minimum atomic E-state index is 0.915. The summed E-state index contributed by atoms with van der Waals surface area (Å²) in [5.41, 5.74) is 13.3. The summed E-state index contributed by atoms with van der Waals surface area (Å²) in [7, 11) is 0. The fraction of sp³-hybridized carbons (Fsp3) is 0. The van der Waals surface area contributed by atoms with E-state index in [1.54, 1.807) is 0 Å². The van der Waals surface area contributed by atoms with Gasteiger partial charge in [-0.15, -0.1) is 0 Å². The highest BCUT2D eigenvalue weighted by atomic mass is 16.3. The van der Waals surface area contributed by atoms with E-state index >= 15 is 0 Å². The maximum absolute atomic E-state index is 6.51. The maximum atomic E-state index is 6.51. The van der Waals surface area contributed by atoms with Crippen molar-refractivity contribution in [3.63, 3.8) is 0 Å². The van der Waals surface area contributed by atoms with Gasteiger partial charge in [-0.25, -0.2) is 0 Å². The minimum Gasteiger partial charge on any atom is -0.455 e. The molecule has 0 atom stereocenters. The number of aromatic nitrogens is 1. The smallest absolute Gasteiger partial charge is 0.145 e. The van der Waals surface area contributed by atoms with E-state index in [4.69, 9.17) is 4.42 Å². The van der Waals surface area contributed by atoms with Crippen molar-refractivity contribution in [1.82, 2.24) is 4.57 Å². The molecular weight excluding hydrogens is 717 g/mol. The van der Waals surface area contributed by atoms with E-state index in [-0.39, 0.29) is 0 Å². The Hall–Kier alpha value is -7.88. The molecule has 12 aromatic rings. The molecule has 0 saturated heterocycles. The molecule has 0 N–H and O–H groups in total. The summed E-state index contributed by atoms with van der Waals surface area (Å²) in [5.74, 6) is 0. The van der Waals surface area contributed by atoms with Crippen molar-refractivity contribution in [1.29, 1.82) is 0 Å². The number of para-hydroxylation sites is 3. The van der Waals surface area contributed by atoms with Crippen LogP contribution in [0.15, 0.2) is 223 Å². The van der Waals surface area contributed by atoms with Gasteiger partial charge in [0.2, 0.25) is 0 Å². The van der Waals surface area contributed by atoms with Gasteiger partial charge in [0, 0.05) is 38.9 Å². The number of benzene rings is 10. The molecule has 0 aliphatic heterocycles. The fourth-order valence-electron chi connectivity index (χ4n) is 9.14. The Balaban J connectivity index is 0.867. The predicted octanol–water partition coefficient (Wildman–Crippen LogP) is 15.8. The molecule has 0 amide bonds. The van der Waals surface area contributed by atoms with Crippen LogP contribution in [0.4, 0.5) is 17.1 Å². The first kappa shape index (κ1) is 33.3. The summed E-state index contributed by atoms with van der Waals surface area (Å²) >= 11 is 0. The van der Waals surface area contributed by atoms with Crippen LogP contribution in [-0.4, -0.2) is 4.57 Å². The van der Waals surface area contributed by atoms with Crippen LogP contribution in [0.25, 0.3) is 93.2 Å². The van der Waals surface area contributed by atoms with Crippen LogP contribution in [0, 0.1) is 0 Å². The fourth-order valence-corrected chi connectivity index (χ4v) is 9.14. The topological polar surface area (TPSA) is 21.3 Å². The molecule has 12 rings (SSSR count). The first-order valence-corrected chi connectivity index (χ1v) is 20.2. The average Bonchev–Trinajstić information content (AvgIpc) is 3.86. The lowest BCUT2D eigenvalue weighted by molar-refractivity contribution is 0.673. The number of rotatable bonds is 6. The van der Waals surface area contributed by atoms with E-state index in [1.807, 2.05) is 6.07 Å². The van der Waals surface area contributed by atoms with Gasteiger partial charge in [0.15, 0.2) is 0 Å². The van der Waals surface area contributed by atoms with Crippen molar-refractivity contribution < 1.29 is 4.42 Å². The zero-order valence-corrected chi connectivity index (χ0v) is 32.1. The number of anilines is 3. The maximum Gasteiger partial charge on any atom is 0.145 e. The Labute approximate surface area is 341 Å². The Kier molecular flexibility index (Phi) is 7.54. The van der Waals surface area contributed by atoms with Crippen LogP contribution < -0.4 is 4.90 Å². The molecule has 2 heterocycles. The highest BCUT2D eigenvalue weighted by Crippen LogP contribution is 2.41. The van der Waals surface area contributed by atoms with E-state index in [9.17, 15) is 0 Å². The highest BCUT2D eigenvalue weighted by molar-refractivity contribution is 6.23. The summed E-state index contributed by atoms with van der Waals surface area (Å²) in [6, 6.07) is 78.6. The van der Waals surface area contributed by atoms with Gasteiger partial charge < -0.3 is 13.9 Å². The zero-order chi connectivity index (χ0) is 38.9. The normalized spacial score (nSPS) is 11.7. The van der Waals surface area contributed by atoms with Crippen LogP contribution in [0.2, 0.25) is 0 Å². The number of hydrogen-bond donors (Lipinski definition) is 0. The van der Waals surface area contributed by atoms with Crippen molar-refractivity contribution in [2.45, 2.75) is 0 Å². The van der Waals surface area contributed by atoms with Crippen molar-refractivity contribution in [3.8, 4) is 27.9 Å². The van der Waals surface area contributed by atoms with Crippen LogP contribution >= 0.6 is 0 Å². The second kappa shape index (κ2) is 13.4. The van der Waals surface area contributed by atoms with Crippen molar-refractivity contribution in [2.24, 2.45) is 0 Å². The second-order valence-corrected chi connectivity index (χ2v) is 15.3. The van der Waals surface area contributed by atoms with Crippen molar-refractivity contribution in [2.75, 3.05) is 4.90 Å². The first-order chi connectivity index (χ1) is 29.2. The lowest BCUT2D eigenvalue weighted by Crippen LogP contribution is -2.09. The third kappa shape index (κ3) is 5.44. The molecule has 0 spiro atoms. The van der Waals surface area contributed by atoms with E-state index < -0.39 is 0 Å². The van der Waals surface area contributed by atoms with Crippen LogP contribution in [-0.2, 0) is 0 Å². The molecule has 0 unspecified atom stereocenters. The quantitative estimate of drug-likeness (QED) is 0.158. The lowest BCUT2D eigenvalue weighted by Gasteiger charge is -2.26. The molecule has 3 heteroatoms.